The Morgan fingerprint density at radius 3 is 2.48 bits per heavy atom. The van der Waals surface area contributed by atoms with Crippen LogP contribution in [0.1, 0.15) is 13.8 Å². The average Bonchev–Trinajstić information content (AvgIpc) is 2.93. The molecule has 1 fully saturated rings. The highest BCUT2D eigenvalue weighted by molar-refractivity contribution is 5.78. The van der Waals surface area contributed by atoms with E-state index in [-0.39, 0.29) is 0 Å². The van der Waals surface area contributed by atoms with Crippen molar-refractivity contribution in [3.63, 3.8) is 0 Å². The molecule has 2 aliphatic rings. The average molecular weight is 314 g/mol. The van der Waals surface area contributed by atoms with E-state index in [0.717, 1.165) is 51.0 Å². The Hall–Kier alpha value is -1.63. The maximum atomic E-state index is 4.93. The number of rotatable bonds is 2. The molecule has 0 N–H and O–H groups in total. The van der Waals surface area contributed by atoms with Gasteiger partial charge in [-0.2, -0.15) is 0 Å². The van der Waals surface area contributed by atoms with Gasteiger partial charge < -0.3 is 4.90 Å². The summed E-state index contributed by atoms with van der Waals surface area (Å²) >= 11 is 0. The Bertz CT molecular complexity index is 685. The van der Waals surface area contributed by atoms with Crippen molar-refractivity contribution in [1.82, 2.24) is 24.4 Å². The first-order valence-corrected chi connectivity index (χ1v) is 8.54. The van der Waals surface area contributed by atoms with E-state index in [9.17, 15) is 0 Å². The molecule has 1 aromatic carbocycles. The molecule has 3 heterocycles. The van der Waals surface area contributed by atoms with Crippen molar-refractivity contribution in [2.24, 2.45) is 0 Å². The zero-order valence-electron chi connectivity index (χ0n) is 14.3. The predicted molar refractivity (Wildman–Crippen MR) is 93.1 cm³/mol. The molecule has 0 bridgehead atoms. The molecular weight excluding hydrogens is 288 g/mol. The van der Waals surface area contributed by atoms with E-state index < -0.39 is 0 Å². The number of fused-ring (bicyclic) bond motifs is 3. The van der Waals surface area contributed by atoms with Crippen LogP contribution < -0.4 is 5.01 Å². The molecule has 0 aliphatic carbocycles. The number of aromatic nitrogens is 2. The van der Waals surface area contributed by atoms with E-state index >= 15 is 0 Å². The fourth-order valence-corrected chi connectivity index (χ4v) is 3.44. The second-order valence-electron chi connectivity index (χ2n) is 6.95. The lowest BCUT2D eigenvalue weighted by atomic mass is 10.3. The summed E-state index contributed by atoms with van der Waals surface area (Å²) in [6, 6.07) is 8.98. The van der Waals surface area contributed by atoms with Crippen molar-refractivity contribution in [3.05, 3.63) is 24.3 Å². The molecule has 0 atom stereocenters. The molecule has 1 aromatic heterocycles. The number of hydrogen-bond donors (Lipinski definition) is 0. The molecule has 4 rings (SSSR count). The summed E-state index contributed by atoms with van der Waals surface area (Å²) in [6.07, 6.45) is 0. The van der Waals surface area contributed by atoms with Gasteiger partial charge in [0.25, 0.3) is 0 Å². The number of benzene rings is 1. The van der Waals surface area contributed by atoms with Gasteiger partial charge in [0.1, 0.15) is 0 Å². The van der Waals surface area contributed by atoms with Gasteiger partial charge in [-0.1, -0.05) is 12.1 Å². The lowest BCUT2D eigenvalue weighted by Crippen LogP contribution is -2.59. The zero-order chi connectivity index (χ0) is 16.0. The smallest absolute Gasteiger partial charge is 0.223 e. The number of para-hydroxylation sites is 2. The predicted octanol–water partition coefficient (Wildman–Crippen LogP) is 1.64. The monoisotopic (exact) mass is 314 g/mol. The molecule has 2 aromatic rings. The quantitative estimate of drug-likeness (QED) is 0.841. The second kappa shape index (κ2) is 5.78. The highest BCUT2D eigenvalue weighted by Gasteiger charge is 2.31. The number of anilines is 1. The molecular formula is C17H26N6. The number of likely N-dealkylation sites (N-methyl/N-ethyl adjacent to an activating group) is 1. The van der Waals surface area contributed by atoms with Crippen LogP contribution in [0.15, 0.2) is 24.3 Å². The molecule has 0 radical (unpaired) electrons. The number of hydrogen-bond acceptors (Lipinski definition) is 5. The minimum Gasteiger partial charge on any atom is -0.304 e. The van der Waals surface area contributed by atoms with Crippen molar-refractivity contribution in [3.8, 4) is 0 Å². The van der Waals surface area contributed by atoms with Gasteiger partial charge in [0.2, 0.25) is 5.95 Å². The minimum absolute atomic E-state index is 0.513. The van der Waals surface area contributed by atoms with Gasteiger partial charge in [0.05, 0.1) is 24.4 Å². The molecule has 6 nitrogen and oxygen atoms in total. The molecule has 0 spiro atoms. The molecule has 23 heavy (non-hydrogen) atoms. The lowest BCUT2D eigenvalue weighted by molar-refractivity contribution is 0.0751. The Kier molecular flexibility index (Phi) is 3.75. The minimum atomic E-state index is 0.513. The molecule has 0 amide bonds. The Balaban J connectivity index is 1.74. The van der Waals surface area contributed by atoms with Crippen LogP contribution in [0.4, 0.5) is 5.95 Å². The van der Waals surface area contributed by atoms with Crippen molar-refractivity contribution < 1.29 is 0 Å². The summed E-state index contributed by atoms with van der Waals surface area (Å²) in [7, 11) is 2.20. The normalized spacial score (nSPS) is 21.3. The van der Waals surface area contributed by atoms with Crippen molar-refractivity contribution in [2.45, 2.75) is 26.6 Å². The van der Waals surface area contributed by atoms with Crippen LogP contribution in [0.2, 0.25) is 0 Å². The topological polar surface area (TPSA) is 30.8 Å². The SMILES string of the molecule is CC(C)N1CN(N2CCN(C)CC2)c2nc3ccccc3n2C1. The first-order chi connectivity index (χ1) is 11.1. The fourth-order valence-electron chi connectivity index (χ4n) is 3.44. The summed E-state index contributed by atoms with van der Waals surface area (Å²) in [4.78, 5) is 9.82. The number of hydrazine groups is 1. The third-order valence-electron chi connectivity index (χ3n) is 5.06. The summed E-state index contributed by atoms with van der Waals surface area (Å²) in [5, 5.41) is 4.85. The Morgan fingerprint density at radius 2 is 1.74 bits per heavy atom. The summed E-state index contributed by atoms with van der Waals surface area (Å²) in [5.74, 6) is 1.09. The van der Waals surface area contributed by atoms with Crippen LogP contribution in [-0.2, 0) is 6.67 Å². The highest BCUT2D eigenvalue weighted by Crippen LogP contribution is 2.29. The number of piperazine rings is 1. The van der Waals surface area contributed by atoms with Gasteiger partial charge in [-0.05, 0) is 33.0 Å². The second-order valence-corrected chi connectivity index (χ2v) is 6.95. The molecule has 0 saturated carbocycles. The largest absolute Gasteiger partial charge is 0.304 e. The van der Waals surface area contributed by atoms with Gasteiger partial charge in [-0.25, -0.2) is 9.99 Å². The maximum absolute atomic E-state index is 4.93. The lowest BCUT2D eigenvalue weighted by Gasteiger charge is -2.46. The van der Waals surface area contributed by atoms with Gasteiger partial charge in [0, 0.05) is 32.2 Å². The molecule has 6 heteroatoms. The third kappa shape index (κ3) is 2.60. The standard InChI is InChI=1S/C17H26N6/c1-14(2)20-12-22-16-7-5-4-6-15(16)18-17(22)23(13-20)21-10-8-19(3)9-11-21/h4-7,14H,8-13H2,1-3H3. The molecule has 0 unspecified atom stereocenters. The van der Waals surface area contributed by atoms with Crippen LogP contribution in [-0.4, -0.2) is 70.3 Å². The Labute approximate surface area is 137 Å². The van der Waals surface area contributed by atoms with Crippen molar-refractivity contribution >= 4 is 17.0 Å². The summed E-state index contributed by atoms with van der Waals surface area (Å²) in [6.45, 7) is 10.7. The molecule has 2 aliphatic heterocycles. The van der Waals surface area contributed by atoms with E-state index in [2.05, 4.69) is 69.5 Å². The number of nitrogens with zero attached hydrogens (tertiary/aromatic N) is 6. The van der Waals surface area contributed by atoms with E-state index in [1.54, 1.807) is 0 Å². The zero-order valence-corrected chi connectivity index (χ0v) is 14.3. The molecule has 124 valence electrons. The third-order valence-corrected chi connectivity index (χ3v) is 5.06. The van der Waals surface area contributed by atoms with Gasteiger partial charge in [-0.3, -0.25) is 14.5 Å². The first-order valence-electron chi connectivity index (χ1n) is 8.54. The van der Waals surface area contributed by atoms with E-state index in [1.165, 1.54) is 5.52 Å². The summed E-state index contributed by atoms with van der Waals surface area (Å²) in [5.41, 5.74) is 2.32. The number of imidazole rings is 1. The van der Waals surface area contributed by atoms with Crippen LogP contribution in [0.3, 0.4) is 0 Å². The van der Waals surface area contributed by atoms with Crippen molar-refractivity contribution in [2.75, 3.05) is 44.9 Å². The first kappa shape index (κ1) is 14.9. The van der Waals surface area contributed by atoms with Gasteiger partial charge in [-0.15, -0.1) is 0 Å². The molecule has 1 saturated heterocycles. The fraction of sp³-hybridized carbons (Fsp3) is 0.588. The van der Waals surface area contributed by atoms with E-state index in [0.29, 0.717) is 6.04 Å². The Morgan fingerprint density at radius 1 is 1.00 bits per heavy atom. The van der Waals surface area contributed by atoms with E-state index in [1.807, 2.05) is 0 Å². The summed E-state index contributed by atoms with van der Waals surface area (Å²) < 4.78 is 2.36. The van der Waals surface area contributed by atoms with E-state index in [4.69, 9.17) is 4.98 Å². The maximum Gasteiger partial charge on any atom is 0.223 e. The highest BCUT2D eigenvalue weighted by atomic mass is 15.7. The van der Waals surface area contributed by atoms with Crippen molar-refractivity contribution in [1.29, 1.82) is 0 Å². The van der Waals surface area contributed by atoms with Crippen LogP contribution >= 0.6 is 0 Å². The van der Waals surface area contributed by atoms with Crippen LogP contribution in [0, 0.1) is 0 Å². The van der Waals surface area contributed by atoms with Gasteiger partial charge in [0.15, 0.2) is 0 Å². The van der Waals surface area contributed by atoms with Gasteiger partial charge >= 0.3 is 0 Å². The van der Waals surface area contributed by atoms with Crippen LogP contribution in [0.25, 0.3) is 11.0 Å². The van der Waals surface area contributed by atoms with Crippen LogP contribution in [0.5, 0.6) is 0 Å².